The molecule has 172 valence electrons. The van der Waals surface area contributed by atoms with Gasteiger partial charge in [-0.2, -0.15) is 9.40 Å². The highest BCUT2D eigenvalue weighted by atomic mass is 32.2. The first kappa shape index (κ1) is 21.8. The van der Waals surface area contributed by atoms with E-state index in [-0.39, 0.29) is 11.8 Å². The molecule has 33 heavy (non-hydrogen) atoms. The highest BCUT2D eigenvalue weighted by Gasteiger charge is 2.28. The molecule has 1 atom stereocenters. The third-order valence-corrected chi connectivity index (χ3v) is 8.39. The molecule has 2 N–H and O–H groups in total. The number of aromatic amines is 1. The summed E-state index contributed by atoms with van der Waals surface area (Å²) in [7, 11) is -3.17. The van der Waals surface area contributed by atoms with E-state index in [1.165, 1.54) is 11.3 Å². The van der Waals surface area contributed by atoms with Gasteiger partial charge >= 0.3 is 0 Å². The molecule has 0 saturated carbocycles. The average molecular weight is 485 g/mol. The summed E-state index contributed by atoms with van der Waals surface area (Å²) in [4.78, 5) is 9.03. The third-order valence-electron chi connectivity index (χ3n) is 5.59. The maximum Gasteiger partial charge on any atom is 0.213 e. The van der Waals surface area contributed by atoms with Crippen LogP contribution < -0.4 is 10.1 Å². The Hall–Kier alpha value is -3.02. The number of anilines is 1. The number of rotatable bonds is 7. The van der Waals surface area contributed by atoms with Crippen molar-refractivity contribution in [3.05, 3.63) is 48.9 Å². The van der Waals surface area contributed by atoms with Crippen LogP contribution in [0.3, 0.4) is 0 Å². The molecule has 1 aliphatic heterocycles. The first-order chi connectivity index (χ1) is 16.0. The van der Waals surface area contributed by atoms with Crippen molar-refractivity contribution in [2.75, 3.05) is 24.2 Å². The van der Waals surface area contributed by atoms with Crippen molar-refractivity contribution in [1.29, 1.82) is 0 Å². The SMILES string of the molecule is CCS(=O)(=O)N1CCC[C@H](Nc2nc3ccc(Oc4ccnc(-c5cn[nH]c5)c4)cc3s2)C1. The summed E-state index contributed by atoms with van der Waals surface area (Å²) >= 11 is 1.54. The second kappa shape index (κ2) is 9.08. The smallest absolute Gasteiger partial charge is 0.213 e. The van der Waals surface area contributed by atoms with Crippen molar-refractivity contribution in [3.63, 3.8) is 0 Å². The number of aromatic nitrogens is 4. The molecule has 9 nitrogen and oxygen atoms in total. The lowest BCUT2D eigenvalue weighted by Gasteiger charge is -2.31. The molecule has 0 bridgehead atoms. The van der Waals surface area contributed by atoms with Crippen LogP contribution in [-0.2, 0) is 10.0 Å². The number of hydrogen-bond acceptors (Lipinski definition) is 8. The topological polar surface area (TPSA) is 113 Å². The summed E-state index contributed by atoms with van der Waals surface area (Å²) < 4.78 is 33.1. The van der Waals surface area contributed by atoms with Crippen LogP contribution in [0, 0.1) is 0 Å². The molecule has 1 fully saturated rings. The molecule has 0 unspecified atom stereocenters. The molecular formula is C22H24N6O3S2. The predicted molar refractivity (Wildman–Crippen MR) is 129 cm³/mol. The van der Waals surface area contributed by atoms with Crippen LogP contribution >= 0.6 is 11.3 Å². The van der Waals surface area contributed by atoms with Crippen molar-refractivity contribution in [2.24, 2.45) is 0 Å². The Balaban J connectivity index is 1.30. The molecule has 4 aromatic rings. The fourth-order valence-electron chi connectivity index (χ4n) is 3.86. The Kier molecular flexibility index (Phi) is 6.00. The van der Waals surface area contributed by atoms with Crippen molar-refractivity contribution in [3.8, 4) is 22.8 Å². The number of hydrogen-bond donors (Lipinski definition) is 2. The van der Waals surface area contributed by atoms with Crippen molar-refractivity contribution in [2.45, 2.75) is 25.8 Å². The van der Waals surface area contributed by atoms with Gasteiger partial charge in [-0.1, -0.05) is 11.3 Å². The monoisotopic (exact) mass is 484 g/mol. The molecule has 1 aliphatic rings. The van der Waals surface area contributed by atoms with E-state index in [0.717, 1.165) is 39.4 Å². The first-order valence-corrected chi connectivity index (χ1v) is 13.2. The number of fused-ring (bicyclic) bond motifs is 1. The quantitative estimate of drug-likeness (QED) is 0.406. The van der Waals surface area contributed by atoms with Crippen molar-refractivity contribution >= 4 is 36.7 Å². The van der Waals surface area contributed by atoms with Crippen LogP contribution in [0.2, 0.25) is 0 Å². The molecule has 5 rings (SSSR count). The number of nitrogens with zero attached hydrogens (tertiary/aromatic N) is 4. The molecule has 11 heteroatoms. The summed E-state index contributed by atoms with van der Waals surface area (Å²) in [5, 5.41) is 11.0. The second-order valence-electron chi connectivity index (χ2n) is 7.86. The van der Waals surface area contributed by atoms with Crippen LogP contribution in [0.25, 0.3) is 21.5 Å². The molecule has 0 radical (unpaired) electrons. The van der Waals surface area contributed by atoms with Gasteiger partial charge < -0.3 is 10.1 Å². The minimum absolute atomic E-state index is 0.0505. The number of sulfonamides is 1. The summed E-state index contributed by atoms with van der Waals surface area (Å²) in [6.45, 7) is 2.75. The molecule has 1 saturated heterocycles. The summed E-state index contributed by atoms with van der Waals surface area (Å²) in [6.07, 6.45) is 6.96. The molecular weight excluding hydrogens is 460 g/mol. The highest BCUT2D eigenvalue weighted by Crippen LogP contribution is 2.33. The standard InChI is InChI=1S/C22H24N6O3S2/c1-2-33(29,30)28-9-3-4-16(14-28)26-22-27-19-6-5-17(11-21(19)32-22)31-18-7-8-23-20(10-18)15-12-24-25-13-15/h5-8,10-13,16H,2-4,9,14H2,1H3,(H,24,25)(H,26,27)/t16-/m0/s1. The normalized spacial score (nSPS) is 17.3. The largest absolute Gasteiger partial charge is 0.457 e. The van der Waals surface area contributed by atoms with Crippen LogP contribution in [0.5, 0.6) is 11.5 Å². The van der Waals surface area contributed by atoms with Crippen molar-refractivity contribution in [1.82, 2.24) is 24.5 Å². The van der Waals surface area contributed by atoms with Gasteiger partial charge in [0.2, 0.25) is 10.0 Å². The minimum Gasteiger partial charge on any atom is -0.457 e. The summed E-state index contributed by atoms with van der Waals surface area (Å²) in [5.41, 5.74) is 2.54. The zero-order valence-electron chi connectivity index (χ0n) is 18.1. The lowest BCUT2D eigenvalue weighted by atomic mass is 10.1. The second-order valence-corrected chi connectivity index (χ2v) is 11.1. The van der Waals surface area contributed by atoms with E-state index in [2.05, 4.69) is 25.5 Å². The number of pyridine rings is 1. The maximum atomic E-state index is 12.2. The van der Waals surface area contributed by atoms with E-state index >= 15 is 0 Å². The minimum atomic E-state index is -3.17. The summed E-state index contributed by atoms with van der Waals surface area (Å²) in [6, 6.07) is 9.51. The van der Waals surface area contributed by atoms with Gasteiger partial charge in [-0.15, -0.1) is 0 Å². The molecule has 0 spiro atoms. The lowest BCUT2D eigenvalue weighted by molar-refractivity contribution is 0.327. The van der Waals surface area contributed by atoms with Gasteiger partial charge in [-0.25, -0.2) is 13.4 Å². The fraction of sp³-hybridized carbons (Fsp3) is 0.318. The predicted octanol–water partition coefficient (Wildman–Crippen LogP) is 4.10. The van der Waals surface area contributed by atoms with Gasteiger partial charge in [-0.3, -0.25) is 10.1 Å². The van der Waals surface area contributed by atoms with E-state index in [0.29, 0.717) is 24.6 Å². The van der Waals surface area contributed by atoms with E-state index in [1.54, 1.807) is 29.8 Å². The van der Waals surface area contributed by atoms with Gasteiger partial charge in [0.05, 0.1) is 27.9 Å². The van der Waals surface area contributed by atoms with Crippen LogP contribution in [0.15, 0.2) is 48.9 Å². The maximum absolute atomic E-state index is 12.2. The van der Waals surface area contributed by atoms with Gasteiger partial charge in [-0.05, 0) is 38.0 Å². The lowest BCUT2D eigenvalue weighted by Crippen LogP contribution is -2.45. The van der Waals surface area contributed by atoms with Gasteiger partial charge in [0, 0.05) is 49.2 Å². The average Bonchev–Trinajstić information content (AvgIpc) is 3.49. The fourth-order valence-corrected chi connectivity index (χ4v) is 6.01. The van der Waals surface area contributed by atoms with Crippen LogP contribution in [-0.4, -0.2) is 57.8 Å². The number of ether oxygens (including phenoxy) is 1. The number of benzene rings is 1. The third kappa shape index (κ3) is 4.85. The first-order valence-electron chi connectivity index (χ1n) is 10.8. The van der Waals surface area contributed by atoms with Gasteiger partial charge in [0.25, 0.3) is 0 Å². The zero-order valence-corrected chi connectivity index (χ0v) is 19.7. The number of piperidine rings is 1. The summed E-state index contributed by atoms with van der Waals surface area (Å²) in [5.74, 6) is 1.52. The molecule has 1 aromatic carbocycles. The highest BCUT2D eigenvalue weighted by molar-refractivity contribution is 7.89. The molecule has 4 heterocycles. The number of H-pyrrole nitrogens is 1. The Morgan fingerprint density at radius 3 is 2.97 bits per heavy atom. The molecule has 0 amide bonds. The Morgan fingerprint density at radius 1 is 1.27 bits per heavy atom. The van der Waals surface area contributed by atoms with Crippen LogP contribution in [0.4, 0.5) is 5.13 Å². The number of thiazole rings is 1. The van der Waals surface area contributed by atoms with Gasteiger partial charge in [0.15, 0.2) is 5.13 Å². The van der Waals surface area contributed by atoms with E-state index in [4.69, 9.17) is 4.74 Å². The Labute approximate surface area is 195 Å². The van der Waals surface area contributed by atoms with Gasteiger partial charge in [0.1, 0.15) is 11.5 Å². The van der Waals surface area contributed by atoms with Crippen LogP contribution in [0.1, 0.15) is 19.8 Å². The van der Waals surface area contributed by atoms with Crippen molar-refractivity contribution < 1.29 is 13.2 Å². The Morgan fingerprint density at radius 2 is 2.15 bits per heavy atom. The zero-order chi connectivity index (χ0) is 22.8. The van der Waals surface area contributed by atoms with E-state index in [1.807, 2.05) is 30.3 Å². The molecule has 3 aromatic heterocycles. The van der Waals surface area contributed by atoms with E-state index in [9.17, 15) is 8.42 Å². The molecule has 0 aliphatic carbocycles. The Bertz CT molecular complexity index is 1350. The number of nitrogens with one attached hydrogen (secondary N) is 2. The van der Waals surface area contributed by atoms with E-state index < -0.39 is 10.0 Å².